The van der Waals surface area contributed by atoms with Crippen molar-refractivity contribution >= 4 is 26.8 Å². The van der Waals surface area contributed by atoms with Crippen molar-refractivity contribution < 1.29 is 9.84 Å². The smallest absolute Gasteiger partial charge is 0.128 e. The zero-order valence-corrected chi connectivity index (χ0v) is 11.6. The van der Waals surface area contributed by atoms with E-state index < -0.39 is 0 Å². The molecule has 2 aromatic carbocycles. The number of aromatic amines is 1. The predicted molar refractivity (Wildman–Crippen MR) is 78.4 cm³/mol. The third-order valence-corrected chi connectivity index (χ3v) is 3.40. The van der Waals surface area contributed by atoms with Gasteiger partial charge in [-0.2, -0.15) is 0 Å². The number of rotatable bonds is 3. The second-order valence-corrected chi connectivity index (χ2v) is 5.22. The van der Waals surface area contributed by atoms with E-state index in [1.807, 2.05) is 36.4 Å². The van der Waals surface area contributed by atoms with Crippen LogP contribution in [-0.4, -0.2) is 10.1 Å². The van der Waals surface area contributed by atoms with E-state index in [-0.39, 0.29) is 5.75 Å². The summed E-state index contributed by atoms with van der Waals surface area (Å²) in [5, 5.41) is 10.5. The molecule has 0 radical (unpaired) electrons. The van der Waals surface area contributed by atoms with Gasteiger partial charge in [0, 0.05) is 21.4 Å². The van der Waals surface area contributed by atoms with Gasteiger partial charge in [-0.25, -0.2) is 0 Å². The van der Waals surface area contributed by atoms with Gasteiger partial charge in [0.1, 0.15) is 18.1 Å². The van der Waals surface area contributed by atoms with Crippen LogP contribution in [0.4, 0.5) is 0 Å². The van der Waals surface area contributed by atoms with Gasteiger partial charge in [0.15, 0.2) is 0 Å². The van der Waals surface area contributed by atoms with Gasteiger partial charge >= 0.3 is 0 Å². The van der Waals surface area contributed by atoms with Crippen LogP contribution < -0.4 is 4.74 Å². The molecule has 4 heteroatoms. The molecule has 0 aliphatic carbocycles. The predicted octanol–water partition coefficient (Wildman–Crippen LogP) is 4.22. The number of H-pyrrole nitrogens is 1. The number of halogens is 1. The summed E-state index contributed by atoms with van der Waals surface area (Å²) in [6, 6.07) is 15.0. The first-order valence-electron chi connectivity index (χ1n) is 5.90. The summed E-state index contributed by atoms with van der Waals surface area (Å²) >= 11 is 3.39. The highest BCUT2D eigenvalue weighted by Gasteiger charge is 2.02. The molecule has 0 bridgehead atoms. The topological polar surface area (TPSA) is 45.2 Å². The SMILES string of the molecule is Oc1ccc2cc(COc3ccc(Br)cc3)[nH]c2c1. The lowest BCUT2D eigenvalue weighted by atomic mass is 10.2. The monoisotopic (exact) mass is 317 g/mol. The Labute approximate surface area is 119 Å². The Hall–Kier alpha value is -1.94. The average Bonchev–Trinajstić information content (AvgIpc) is 2.80. The summed E-state index contributed by atoms with van der Waals surface area (Å²) in [6.45, 7) is 0.469. The van der Waals surface area contributed by atoms with Gasteiger partial charge in [-0.3, -0.25) is 0 Å². The Morgan fingerprint density at radius 2 is 1.84 bits per heavy atom. The van der Waals surface area contributed by atoms with Crippen molar-refractivity contribution in [1.82, 2.24) is 4.98 Å². The Kier molecular flexibility index (Phi) is 3.17. The third-order valence-electron chi connectivity index (χ3n) is 2.87. The first-order valence-corrected chi connectivity index (χ1v) is 6.69. The summed E-state index contributed by atoms with van der Waals surface area (Å²) in [7, 11) is 0. The number of phenolic OH excluding ortho intramolecular Hbond substituents is 1. The van der Waals surface area contributed by atoms with Gasteiger partial charge in [-0.15, -0.1) is 0 Å². The van der Waals surface area contributed by atoms with Crippen LogP contribution in [0.2, 0.25) is 0 Å². The zero-order valence-electron chi connectivity index (χ0n) is 10.1. The number of hydrogen-bond acceptors (Lipinski definition) is 2. The van der Waals surface area contributed by atoms with Crippen LogP contribution in [0.5, 0.6) is 11.5 Å². The fourth-order valence-electron chi connectivity index (χ4n) is 1.94. The second kappa shape index (κ2) is 4.97. The van der Waals surface area contributed by atoms with E-state index in [0.29, 0.717) is 6.61 Å². The van der Waals surface area contributed by atoms with Gasteiger partial charge in [0.25, 0.3) is 0 Å². The first-order chi connectivity index (χ1) is 9.20. The van der Waals surface area contributed by atoms with E-state index in [9.17, 15) is 5.11 Å². The summed E-state index contributed by atoms with van der Waals surface area (Å²) in [4.78, 5) is 3.22. The molecule has 0 atom stereocenters. The highest BCUT2D eigenvalue weighted by Crippen LogP contribution is 2.22. The van der Waals surface area contributed by atoms with Crippen LogP contribution in [0.25, 0.3) is 10.9 Å². The van der Waals surface area contributed by atoms with Crippen LogP contribution in [0.15, 0.2) is 53.0 Å². The molecule has 3 nitrogen and oxygen atoms in total. The average molecular weight is 318 g/mol. The molecular formula is C15H12BrNO2. The van der Waals surface area contributed by atoms with E-state index in [4.69, 9.17) is 4.74 Å². The number of aromatic hydroxyl groups is 1. The highest BCUT2D eigenvalue weighted by molar-refractivity contribution is 9.10. The van der Waals surface area contributed by atoms with Gasteiger partial charge in [-0.05, 0) is 42.5 Å². The highest BCUT2D eigenvalue weighted by atomic mass is 79.9. The Morgan fingerprint density at radius 1 is 1.05 bits per heavy atom. The number of aromatic nitrogens is 1. The van der Waals surface area contributed by atoms with Crippen molar-refractivity contribution in [2.75, 3.05) is 0 Å². The van der Waals surface area contributed by atoms with Crippen LogP contribution in [0, 0.1) is 0 Å². The summed E-state index contributed by atoms with van der Waals surface area (Å²) < 4.78 is 6.72. The normalized spacial score (nSPS) is 10.8. The third kappa shape index (κ3) is 2.74. The summed E-state index contributed by atoms with van der Waals surface area (Å²) in [5.41, 5.74) is 1.89. The van der Waals surface area contributed by atoms with Crippen molar-refractivity contribution in [3.63, 3.8) is 0 Å². The molecule has 3 aromatic rings. The molecule has 0 saturated heterocycles. The molecule has 0 unspecified atom stereocenters. The lowest BCUT2D eigenvalue weighted by Gasteiger charge is -2.04. The minimum atomic E-state index is 0.259. The maximum absolute atomic E-state index is 9.42. The number of ether oxygens (including phenoxy) is 1. The number of phenols is 1. The molecule has 19 heavy (non-hydrogen) atoms. The summed E-state index contributed by atoms with van der Waals surface area (Å²) in [5.74, 6) is 1.08. The number of fused-ring (bicyclic) bond motifs is 1. The van der Waals surface area contributed by atoms with Crippen LogP contribution in [0.3, 0.4) is 0 Å². The molecular weight excluding hydrogens is 306 g/mol. The quantitative estimate of drug-likeness (QED) is 0.759. The largest absolute Gasteiger partial charge is 0.508 e. The molecule has 0 saturated carbocycles. The molecule has 2 N–H and O–H groups in total. The van der Waals surface area contributed by atoms with Crippen molar-refractivity contribution in [2.24, 2.45) is 0 Å². The molecule has 0 aliphatic rings. The molecule has 1 heterocycles. The lowest BCUT2D eigenvalue weighted by molar-refractivity contribution is 0.302. The zero-order chi connectivity index (χ0) is 13.2. The number of benzene rings is 2. The Morgan fingerprint density at radius 3 is 2.63 bits per heavy atom. The lowest BCUT2D eigenvalue weighted by Crippen LogP contribution is -1.94. The molecule has 0 spiro atoms. The molecule has 0 aliphatic heterocycles. The maximum atomic E-state index is 9.42. The van der Waals surface area contributed by atoms with Crippen LogP contribution >= 0.6 is 15.9 Å². The number of hydrogen-bond donors (Lipinski definition) is 2. The fourth-order valence-corrected chi connectivity index (χ4v) is 2.21. The standard InChI is InChI=1S/C15H12BrNO2/c16-11-2-5-14(6-3-11)19-9-12-7-10-1-4-13(18)8-15(10)17-12/h1-8,17-18H,9H2. The fraction of sp³-hybridized carbons (Fsp3) is 0.0667. The van der Waals surface area contributed by atoms with E-state index in [1.54, 1.807) is 12.1 Å². The van der Waals surface area contributed by atoms with Gasteiger partial charge < -0.3 is 14.8 Å². The molecule has 3 rings (SSSR count). The van der Waals surface area contributed by atoms with Crippen LogP contribution in [-0.2, 0) is 6.61 Å². The Balaban J connectivity index is 1.76. The Bertz CT molecular complexity index is 704. The minimum Gasteiger partial charge on any atom is -0.508 e. The van der Waals surface area contributed by atoms with E-state index in [2.05, 4.69) is 20.9 Å². The van der Waals surface area contributed by atoms with Gasteiger partial charge in [-0.1, -0.05) is 15.9 Å². The maximum Gasteiger partial charge on any atom is 0.128 e. The second-order valence-electron chi connectivity index (χ2n) is 4.31. The van der Waals surface area contributed by atoms with Crippen LogP contribution in [0.1, 0.15) is 5.69 Å². The first kappa shape index (κ1) is 12.1. The molecule has 0 fully saturated rings. The molecule has 96 valence electrons. The minimum absolute atomic E-state index is 0.259. The molecule has 0 amide bonds. The summed E-state index contributed by atoms with van der Waals surface area (Å²) in [6.07, 6.45) is 0. The van der Waals surface area contributed by atoms with E-state index >= 15 is 0 Å². The van der Waals surface area contributed by atoms with Crippen molar-refractivity contribution in [3.8, 4) is 11.5 Å². The van der Waals surface area contributed by atoms with E-state index in [1.165, 1.54) is 0 Å². The van der Waals surface area contributed by atoms with Crippen molar-refractivity contribution in [1.29, 1.82) is 0 Å². The molecule has 1 aromatic heterocycles. The van der Waals surface area contributed by atoms with Gasteiger partial charge in [0.2, 0.25) is 0 Å². The van der Waals surface area contributed by atoms with E-state index in [0.717, 1.165) is 26.8 Å². The van der Waals surface area contributed by atoms with Crippen molar-refractivity contribution in [2.45, 2.75) is 6.61 Å². The van der Waals surface area contributed by atoms with Crippen molar-refractivity contribution in [3.05, 3.63) is 58.7 Å². The number of nitrogens with one attached hydrogen (secondary N) is 1. The van der Waals surface area contributed by atoms with Gasteiger partial charge in [0.05, 0.1) is 5.69 Å².